The van der Waals surface area contributed by atoms with Crippen molar-refractivity contribution in [1.29, 1.82) is 0 Å². The minimum Gasteiger partial charge on any atom is -0.346 e. The molecule has 23 heavy (non-hydrogen) atoms. The highest BCUT2D eigenvalue weighted by molar-refractivity contribution is 5.90. The van der Waals surface area contributed by atoms with E-state index in [2.05, 4.69) is 48.5 Å². The van der Waals surface area contributed by atoms with Gasteiger partial charge in [-0.15, -0.1) is 0 Å². The number of fused-ring (bicyclic) bond motifs is 4. The molecule has 3 aromatic rings. The third kappa shape index (κ3) is 1.81. The Kier molecular flexibility index (Phi) is 2.82. The van der Waals surface area contributed by atoms with Crippen LogP contribution in [0.1, 0.15) is 23.0 Å². The van der Waals surface area contributed by atoms with Gasteiger partial charge in [0.1, 0.15) is 0 Å². The van der Waals surface area contributed by atoms with Crippen LogP contribution in [-0.2, 0) is 20.0 Å². The summed E-state index contributed by atoms with van der Waals surface area (Å²) in [6.45, 7) is 1.01. The first-order valence-electron chi connectivity index (χ1n) is 7.89. The predicted molar refractivity (Wildman–Crippen MR) is 86.9 cm³/mol. The van der Waals surface area contributed by atoms with Gasteiger partial charge in [-0.25, -0.2) is 0 Å². The molecule has 2 aliphatic rings. The Morgan fingerprint density at radius 1 is 0.826 bits per heavy atom. The maximum Gasteiger partial charge on any atom is 0.225 e. The zero-order valence-electron chi connectivity index (χ0n) is 12.6. The molecule has 3 aromatic carbocycles. The number of hydrogen-bond donors (Lipinski definition) is 0. The van der Waals surface area contributed by atoms with Crippen molar-refractivity contribution >= 4 is 10.8 Å². The summed E-state index contributed by atoms with van der Waals surface area (Å²) in [6.07, 6.45) is -0.406. The van der Waals surface area contributed by atoms with Crippen LogP contribution in [0.4, 0.5) is 0 Å². The van der Waals surface area contributed by atoms with E-state index < -0.39 is 12.1 Å². The van der Waals surface area contributed by atoms with Gasteiger partial charge in [-0.2, -0.15) is 0 Å². The standard InChI is InChI=1S/C20H16O3/c1-2-8-15(9-3-1)20-17-11-5-7-14-6-4-10-16(18(14)17)19(23-20)21-12-13-22-20/h1-11,19H,12-13H2/t19-,20+/m1/s1. The van der Waals surface area contributed by atoms with E-state index in [9.17, 15) is 0 Å². The maximum absolute atomic E-state index is 6.39. The van der Waals surface area contributed by atoms with E-state index in [1.54, 1.807) is 0 Å². The molecule has 1 saturated heterocycles. The smallest absolute Gasteiger partial charge is 0.225 e. The van der Waals surface area contributed by atoms with E-state index in [1.807, 2.05) is 18.2 Å². The number of ether oxygens (including phenoxy) is 3. The molecular weight excluding hydrogens is 288 g/mol. The number of benzene rings is 3. The third-order valence-electron chi connectivity index (χ3n) is 4.63. The van der Waals surface area contributed by atoms with Crippen LogP contribution in [0.15, 0.2) is 66.7 Å². The van der Waals surface area contributed by atoms with E-state index in [4.69, 9.17) is 14.2 Å². The molecule has 3 nitrogen and oxygen atoms in total. The van der Waals surface area contributed by atoms with Gasteiger partial charge in [-0.3, -0.25) is 0 Å². The van der Waals surface area contributed by atoms with E-state index in [0.717, 1.165) is 16.7 Å². The van der Waals surface area contributed by atoms with Gasteiger partial charge >= 0.3 is 0 Å². The van der Waals surface area contributed by atoms with Gasteiger partial charge in [0.15, 0.2) is 6.29 Å². The van der Waals surface area contributed by atoms with Crippen molar-refractivity contribution in [3.8, 4) is 0 Å². The molecule has 5 rings (SSSR count). The van der Waals surface area contributed by atoms with Gasteiger partial charge in [-0.05, 0) is 10.8 Å². The van der Waals surface area contributed by atoms with Gasteiger partial charge in [0.2, 0.25) is 5.79 Å². The van der Waals surface area contributed by atoms with Crippen molar-refractivity contribution in [2.24, 2.45) is 0 Å². The van der Waals surface area contributed by atoms with Crippen molar-refractivity contribution in [3.63, 3.8) is 0 Å². The molecule has 0 radical (unpaired) electrons. The van der Waals surface area contributed by atoms with Crippen molar-refractivity contribution < 1.29 is 14.2 Å². The molecule has 0 saturated carbocycles. The van der Waals surface area contributed by atoms with Crippen LogP contribution in [0, 0.1) is 0 Å². The minimum atomic E-state index is -0.906. The molecule has 0 amide bonds. The average Bonchev–Trinajstić information content (AvgIpc) is 2.82. The Morgan fingerprint density at radius 2 is 1.65 bits per heavy atom. The monoisotopic (exact) mass is 304 g/mol. The number of rotatable bonds is 1. The van der Waals surface area contributed by atoms with E-state index in [0.29, 0.717) is 13.2 Å². The van der Waals surface area contributed by atoms with Crippen LogP contribution < -0.4 is 0 Å². The van der Waals surface area contributed by atoms with Crippen molar-refractivity contribution in [2.75, 3.05) is 13.2 Å². The van der Waals surface area contributed by atoms with Gasteiger partial charge in [0, 0.05) is 16.7 Å². The first-order valence-corrected chi connectivity index (χ1v) is 7.89. The van der Waals surface area contributed by atoms with E-state index >= 15 is 0 Å². The lowest BCUT2D eigenvalue weighted by atomic mass is 9.87. The Bertz CT molecular complexity index is 869. The third-order valence-corrected chi connectivity index (χ3v) is 4.63. The van der Waals surface area contributed by atoms with Crippen LogP contribution >= 0.6 is 0 Å². The molecular formula is C20H16O3. The van der Waals surface area contributed by atoms with Crippen LogP contribution in [0.5, 0.6) is 0 Å². The molecule has 0 spiro atoms. The fourth-order valence-electron chi connectivity index (χ4n) is 3.66. The SMILES string of the molecule is c1ccc([C@]23OCCO[C@H](O2)c2cccc4cccc3c24)cc1. The van der Waals surface area contributed by atoms with Crippen LogP contribution in [0.3, 0.4) is 0 Å². The summed E-state index contributed by atoms with van der Waals surface area (Å²) >= 11 is 0. The zero-order valence-corrected chi connectivity index (χ0v) is 12.6. The zero-order chi connectivity index (χ0) is 15.3. The fourth-order valence-corrected chi connectivity index (χ4v) is 3.66. The second kappa shape index (κ2) is 4.90. The van der Waals surface area contributed by atoms with Crippen LogP contribution in [0.25, 0.3) is 10.8 Å². The van der Waals surface area contributed by atoms with Gasteiger partial charge in [0.25, 0.3) is 0 Å². The maximum atomic E-state index is 6.39. The molecule has 2 heterocycles. The first kappa shape index (κ1) is 13.3. The molecule has 1 fully saturated rings. The van der Waals surface area contributed by atoms with E-state index in [-0.39, 0.29) is 0 Å². The summed E-state index contributed by atoms with van der Waals surface area (Å²) in [5.41, 5.74) is 3.13. The van der Waals surface area contributed by atoms with E-state index in [1.165, 1.54) is 10.8 Å². The summed E-state index contributed by atoms with van der Waals surface area (Å²) in [5.74, 6) is -0.906. The Hall–Kier alpha value is -2.20. The van der Waals surface area contributed by atoms with Crippen LogP contribution in [0.2, 0.25) is 0 Å². The Labute approximate surface area is 134 Å². The lowest BCUT2D eigenvalue weighted by Gasteiger charge is -2.39. The highest BCUT2D eigenvalue weighted by Gasteiger charge is 2.46. The summed E-state index contributed by atoms with van der Waals surface area (Å²) in [7, 11) is 0. The topological polar surface area (TPSA) is 27.7 Å². The lowest BCUT2D eigenvalue weighted by molar-refractivity contribution is -0.269. The van der Waals surface area contributed by atoms with Gasteiger partial charge < -0.3 is 14.2 Å². The highest BCUT2D eigenvalue weighted by atomic mass is 16.8. The number of hydrogen-bond acceptors (Lipinski definition) is 3. The Balaban J connectivity index is 1.89. The van der Waals surface area contributed by atoms with Crippen molar-refractivity contribution in [1.82, 2.24) is 0 Å². The van der Waals surface area contributed by atoms with Gasteiger partial charge in [0.05, 0.1) is 13.2 Å². The van der Waals surface area contributed by atoms with Crippen LogP contribution in [-0.4, -0.2) is 13.2 Å². The van der Waals surface area contributed by atoms with Crippen molar-refractivity contribution in [2.45, 2.75) is 12.1 Å². The first-order chi connectivity index (χ1) is 11.4. The molecule has 0 unspecified atom stereocenters. The lowest BCUT2D eigenvalue weighted by Crippen LogP contribution is -2.37. The fraction of sp³-hybridized carbons (Fsp3) is 0.200. The van der Waals surface area contributed by atoms with Gasteiger partial charge in [-0.1, -0.05) is 66.7 Å². The normalized spacial score (nSPS) is 26.0. The Morgan fingerprint density at radius 3 is 2.52 bits per heavy atom. The second-order valence-corrected chi connectivity index (χ2v) is 5.90. The molecule has 2 bridgehead atoms. The molecule has 2 aliphatic heterocycles. The average molecular weight is 304 g/mol. The summed E-state index contributed by atoms with van der Waals surface area (Å²) in [4.78, 5) is 0. The second-order valence-electron chi connectivity index (χ2n) is 5.90. The predicted octanol–water partition coefficient (Wildman–Crippen LogP) is 4.12. The molecule has 3 heteroatoms. The molecule has 0 N–H and O–H groups in total. The quantitative estimate of drug-likeness (QED) is 0.677. The molecule has 0 aliphatic carbocycles. The minimum absolute atomic E-state index is 0.406. The summed E-state index contributed by atoms with van der Waals surface area (Å²) in [6, 6.07) is 22.7. The largest absolute Gasteiger partial charge is 0.346 e. The summed E-state index contributed by atoms with van der Waals surface area (Å²) < 4.78 is 18.6. The summed E-state index contributed by atoms with van der Waals surface area (Å²) in [5, 5.41) is 2.36. The highest BCUT2D eigenvalue weighted by Crippen LogP contribution is 2.49. The molecule has 114 valence electrons. The molecule has 0 aromatic heterocycles. The van der Waals surface area contributed by atoms with Crippen molar-refractivity contribution in [3.05, 3.63) is 83.4 Å². The molecule has 2 atom stereocenters.